The van der Waals surface area contributed by atoms with Gasteiger partial charge in [0.15, 0.2) is 0 Å². The van der Waals surface area contributed by atoms with Crippen LogP contribution >= 0.6 is 0 Å². The standard InChI is InChI=1S/C21H16FNO2/c22-17-10-3-1-6-13(17)12-14-7-5-9-16-19(21(24)25)15-8-2-4-11-18(15)23-20(14)16/h1-4,6,8,10-12H,5,7,9H2,(H,24,25)/b14-12+. The molecule has 0 saturated heterocycles. The number of fused-ring (bicyclic) bond motifs is 2. The molecule has 0 fully saturated rings. The third-order valence-corrected chi connectivity index (χ3v) is 4.62. The lowest BCUT2D eigenvalue weighted by molar-refractivity contribution is 0.0697. The molecule has 1 aromatic heterocycles. The van der Waals surface area contributed by atoms with Crippen LogP contribution in [0.25, 0.3) is 22.6 Å². The molecule has 4 heteroatoms. The van der Waals surface area contributed by atoms with E-state index in [-0.39, 0.29) is 5.82 Å². The minimum absolute atomic E-state index is 0.290. The lowest BCUT2D eigenvalue weighted by Gasteiger charge is -2.21. The van der Waals surface area contributed by atoms with E-state index in [1.165, 1.54) is 6.07 Å². The number of carboxylic acid groups (broad SMARTS) is 1. The van der Waals surface area contributed by atoms with Crippen molar-refractivity contribution in [3.8, 4) is 0 Å². The second-order valence-electron chi connectivity index (χ2n) is 6.18. The highest BCUT2D eigenvalue weighted by Crippen LogP contribution is 2.36. The molecule has 1 heterocycles. The summed E-state index contributed by atoms with van der Waals surface area (Å²) in [6, 6.07) is 13.9. The van der Waals surface area contributed by atoms with E-state index < -0.39 is 5.97 Å². The molecule has 25 heavy (non-hydrogen) atoms. The summed E-state index contributed by atoms with van der Waals surface area (Å²) >= 11 is 0. The van der Waals surface area contributed by atoms with E-state index in [0.29, 0.717) is 34.1 Å². The van der Waals surface area contributed by atoms with Crippen LogP contribution in [0.5, 0.6) is 0 Å². The number of hydrogen-bond acceptors (Lipinski definition) is 2. The Balaban J connectivity index is 1.99. The van der Waals surface area contributed by atoms with Gasteiger partial charge in [0.05, 0.1) is 16.8 Å². The van der Waals surface area contributed by atoms with Crippen molar-refractivity contribution in [3.63, 3.8) is 0 Å². The van der Waals surface area contributed by atoms with Gasteiger partial charge in [0, 0.05) is 10.9 Å². The van der Waals surface area contributed by atoms with Gasteiger partial charge >= 0.3 is 5.97 Å². The Kier molecular flexibility index (Phi) is 3.80. The summed E-state index contributed by atoms with van der Waals surface area (Å²) in [5, 5.41) is 10.4. The normalized spacial score (nSPS) is 15.3. The number of rotatable bonds is 2. The van der Waals surface area contributed by atoms with Crippen LogP contribution in [-0.2, 0) is 6.42 Å². The van der Waals surface area contributed by atoms with Crippen molar-refractivity contribution >= 4 is 28.5 Å². The maximum Gasteiger partial charge on any atom is 0.336 e. The van der Waals surface area contributed by atoms with Crippen LogP contribution in [0.2, 0.25) is 0 Å². The maximum atomic E-state index is 14.0. The monoisotopic (exact) mass is 333 g/mol. The summed E-state index contributed by atoms with van der Waals surface area (Å²) in [6.07, 6.45) is 4.05. The number of allylic oxidation sites excluding steroid dienone is 1. The highest BCUT2D eigenvalue weighted by molar-refractivity contribution is 6.05. The first-order valence-corrected chi connectivity index (χ1v) is 8.25. The molecular weight excluding hydrogens is 317 g/mol. The number of benzene rings is 2. The number of hydrogen-bond donors (Lipinski definition) is 1. The zero-order valence-electron chi connectivity index (χ0n) is 13.5. The molecule has 0 aliphatic heterocycles. The number of nitrogens with zero attached hydrogens (tertiary/aromatic N) is 1. The van der Waals surface area contributed by atoms with E-state index in [2.05, 4.69) is 0 Å². The predicted octanol–water partition coefficient (Wildman–Crippen LogP) is 4.95. The van der Waals surface area contributed by atoms with Gasteiger partial charge < -0.3 is 5.11 Å². The molecule has 4 rings (SSSR count). The van der Waals surface area contributed by atoms with Crippen molar-refractivity contribution in [1.29, 1.82) is 0 Å². The van der Waals surface area contributed by atoms with Crippen molar-refractivity contribution in [2.75, 3.05) is 0 Å². The summed E-state index contributed by atoms with van der Waals surface area (Å²) in [6.45, 7) is 0. The Morgan fingerprint density at radius 3 is 2.64 bits per heavy atom. The van der Waals surface area contributed by atoms with Crippen molar-refractivity contribution in [1.82, 2.24) is 4.98 Å². The quantitative estimate of drug-likeness (QED) is 0.722. The van der Waals surface area contributed by atoms with E-state index >= 15 is 0 Å². The fourth-order valence-corrected chi connectivity index (χ4v) is 3.50. The van der Waals surface area contributed by atoms with Crippen LogP contribution in [0.3, 0.4) is 0 Å². The van der Waals surface area contributed by atoms with Gasteiger partial charge in [-0.15, -0.1) is 0 Å². The first-order valence-electron chi connectivity index (χ1n) is 8.25. The molecule has 124 valence electrons. The molecule has 3 nitrogen and oxygen atoms in total. The molecule has 0 saturated carbocycles. The largest absolute Gasteiger partial charge is 0.478 e. The number of aromatic carboxylic acids is 1. The molecule has 0 atom stereocenters. The Labute approximate surface area is 144 Å². The first kappa shape index (κ1) is 15.5. The molecule has 3 aromatic rings. The average Bonchev–Trinajstić information content (AvgIpc) is 2.61. The van der Waals surface area contributed by atoms with E-state index in [4.69, 9.17) is 4.98 Å². The van der Waals surface area contributed by atoms with Gasteiger partial charge in [-0.05, 0) is 48.6 Å². The summed E-state index contributed by atoms with van der Waals surface area (Å²) in [7, 11) is 0. The summed E-state index contributed by atoms with van der Waals surface area (Å²) in [4.78, 5) is 16.6. The summed E-state index contributed by atoms with van der Waals surface area (Å²) in [5.41, 5.74) is 3.79. The Hall–Kier alpha value is -3.01. The Morgan fingerprint density at radius 1 is 1.08 bits per heavy atom. The average molecular weight is 333 g/mol. The van der Waals surface area contributed by atoms with Crippen molar-refractivity contribution in [3.05, 3.63) is 76.7 Å². The minimum Gasteiger partial charge on any atom is -0.478 e. The molecule has 0 bridgehead atoms. The highest BCUT2D eigenvalue weighted by Gasteiger charge is 2.24. The molecule has 0 radical (unpaired) electrons. The number of para-hydroxylation sites is 1. The highest BCUT2D eigenvalue weighted by atomic mass is 19.1. The van der Waals surface area contributed by atoms with Crippen LogP contribution in [0.15, 0.2) is 48.5 Å². The fraction of sp³-hybridized carbons (Fsp3) is 0.143. The van der Waals surface area contributed by atoms with E-state index in [0.717, 1.165) is 24.0 Å². The number of carboxylic acids is 1. The van der Waals surface area contributed by atoms with Crippen molar-refractivity contribution in [2.45, 2.75) is 19.3 Å². The molecule has 1 N–H and O–H groups in total. The smallest absolute Gasteiger partial charge is 0.336 e. The molecule has 1 aliphatic rings. The van der Waals surface area contributed by atoms with Gasteiger partial charge in [-0.3, -0.25) is 0 Å². The van der Waals surface area contributed by atoms with Gasteiger partial charge in [0.1, 0.15) is 5.82 Å². The van der Waals surface area contributed by atoms with E-state index in [9.17, 15) is 14.3 Å². The summed E-state index contributed by atoms with van der Waals surface area (Å²) in [5.74, 6) is -1.23. The van der Waals surface area contributed by atoms with Crippen molar-refractivity contribution < 1.29 is 14.3 Å². The first-order chi connectivity index (χ1) is 12.1. The molecule has 0 spiro atoms. The molecule has 0 amide bonds. The summed E-state index contributed by atoms with van der Waals surface area (Å²) < 4.78 is 14.0. The number of halogens is 1. The molecule has 2 aromatic carbocycles. The molecular formula is C21H16FNO2. The van der Waals surface area contributed by atoms with Gasteiger partial charge in [0.25, 0.3) is 0 Å². The fourth-order valence-electron chi connectivity index (χ4n) is 3.50. The van der Waals surface area contributed by atoms with Gasteiger partial charge in [-0.2, -0.15) is 0 Å². The zero-order valence-corrected chi connectivity index (χ0v) is 13.5. The minimum atomic E-state index is -0.943. The van der Waals surface area contributed by atoms with Crippen LogP contribution in [0, 0.1) is 5.82 Å². The third kappa shape index (κ3) is 2.70. The Morgan fingerprint density at radius 2 is 1.84 bits per heavy atom. The maximum absolute atomic E-state index is 14.0. The topological polar surface area (TPSA) is 50.2 Å². The van der Waals surface area contributed by atoms with Crippen molar-refractivity contribution in [2.24, 2.45) is 0 Å². The zero-order chi connectivity index (χ0) is 17.4. The molecule has 1 aliphatic carbocycles. The van der Waals surface area contributed by atoms with Gasteiger partial charge in [0.2, 0.25) is 0 Å². The Bertz CT molecular complexity index is 1020. The number of aromatic nitrogens is 1. The van der Waals surface area contributed by atoms with Gasteiger partial charge in [-0.1, -0.05) is 36.4 Å². The lowest BCUT2D eigenvalue weighted by Crippen LogP contribution is -2.13. The van der Waals surface area contributed by atoms with Crippen LogP contribution in [0.1, 0.15) is 40.0 Å². The van der Waals surface area contributed by atoms with Crippen LogP contribution in [-0.4, -0.2) is 16.1 Å². The number of pyridine rings is 1. The van der Waals surface area contributed by atoms with Gasteiger partial charge in [-0.25, -0.2) is 14.2 Å². The number of carbonyl (C=O) groups is 1. The predicted molar refractivity (Wildman–Crippen MR) is 95.9 cm³/mol. The van der Waals surface area contributed by atoms with Crippen LogP contribution in [0.4, 0.5) is 4.39 Å². The SMILES string of the molecule is O=C(O)c1c2c(nc3ccccc13)/C(=C/c1ccccc1F)CCC2. The second-order valence-corrected chi connectivity index (χ2v) is 6.18. The van der Waals surface area contributed by atoms with E-state index in [1.807, 2.05) is 18.2 Å². The second kappa shape index (κ2) is 6.13. The molecule has 0 unspecified atom stereocenters. The third-order valence-electron chi connectivity index (χ3n) is 4.62. The lowest BCUT2D eigenvalue weighted by atomic mass is 9.86. The van der Waals surface area contributed by atoms with E-state index in [1.54, 1.807) is 30.3 Å². The van der Waals surface area contributed by atoms with Crippen LogP contribution < -0.4 is 0 Å².